The summed E-state index contributed by atoms with van der Waals surface area (Å²) in [5, 5.41) is 12.5. The number of methoxy groups -OCH3 is 1. The summed E-state index contributed by atoms with van der Waals surface area (Å²) in [6.45, 7) is 5.54. The normalized spacial score (nSPS) is 21.4. The van der Waals surface area contributed by atoms with E-state index < -0.39 is 5.60 Å². The molecular weight excluding hydrogens is 482 g/mol. The number of aliphatic hydroxyl groups is 1. The van der Waals surface area contributed by atoms with E-state index in [9.17, 15) is 5.11 Å². The molecule has 2 aliphatic heterocycles. The number of ether oxygens (including phenoxy) is 3. The molecule has 4 heterocycles. The number of terminal acetylenes is 1. The van der Waals surface area contributed by atoms with Gasteiger partial charge >= 0.3 is 0 Å². The van der Waals surface area contributed by atoms with E-state index in [4.69, 9.17) is 32.2 Å². The first kappa shape index (κ1) is 25.8. The fourth-order valence-corrected chi connectivity index (χ4v) is 4.46. The highest BCUT2D eigenvalue weighted by molar-refractivity contribution is 6.32. The number of hydrogen-bond donors (Lipinski definition) is 2. The second-order valence-electron chi connectivity index (χ2n) is 8.80. The fourth-order valence-electron chi connectivity index (χ4n) is 4.18. The van der Waals surface area contributed by atoms with E-state index in [0.29, 0.717) is 59.3 Å². The molecule has 2 aromatic rings. The maximum Gasteiger partial charge on any atom is 0.258 e. The van der Waals surface area contributed by atoms with Crippen LogP contribution in [0.4, 0.5) is 0 Å². The molecule has 36 heavy (non-hydrogen) atoms. The van der Waals surface area contributed by atoms with Crippen LogP contribution in [-0.4, -0.2) is 57.5 Å². The number of allylic oxidation sites excluding steroid dienone is 3. The molecule has 1 saturated heterocycles. The SMILES string of the molecule is C#C/C(=C\C=C1/CC(Cl)=C(OCC2CCOC2)C(OC)=N1)C(O)(c1cnc(C)[nH]1)c1cnc(C)n1C. The molecule has 190 valence electrons. The number of halogens is 1. The molecule has 2 unspecified atom stereocenters. The first-order valence-electron chi connectivity index (χ1n) is 11.6. The number of imidazole rings is 2. The monoisotopic (exact) mass is 511 g/mol. The summed E-state index contributed by atoms with van der Waals surface area (Å²) in [6.07, 6.45) is 13.7. The molecule has 2 aliphatic rings. The van der Waals surface area contributed by atoms with Gasteiger partial charge in [0.15, 0.2) is 11.4 Å². The topological polar surface area (TPSA) is 107 Å². The summed E-state index contributed by atoms with van der Waals surface area (Å²) < 4.78 is 18.6. The van der Waals surface area contributed by atoms with Crippen LogP contribution >= 0.6 is 11.6 Å². The van der Waals surface area contributed by atoms with E-state index in [1.54, 1.807) is 36.0 Å². The molecule has 0 amide bonds. The Morgan fingerprint density at radius 2 is 2.22 bits per heavy atom. The second kappa shape index (κ2) is 10.7. The lowest BCUT2D eigenvalue weighted by molar-refractivity contribution is 0.113. The Hall–Kier alpha value is -3.32. The molecule has 0 spiro atoms. The summed E-state index contributed by atoms with van der Waals surface area (Å²) in [6, 6.07) is 0. The summed E-state index contributed by atoms with van der Waals surface area (Å²) in [7, 11) is 3.33. The van der Waals surface area contributed by atoms with E-state index in [0.717, 1.165) is 18.9 Å². The van der Waals surface area contributed by atoms with Crippen molar-refractivity contribution < 1.29 is 19.3 Å². The molecule has 0 bridgehead atoms. The van der Waals surface area contributed by atoms with Gasteiger partial charge in [0.25, 0.3) is 5.90 Å². The van der Waals surface area contributed by atoms with Crippen molar-refractivity contribution >= 4 is 17.5 Å². The van der Waals surface area contributed by atoms with Gasteiger partial charge in [0.05, 0.1) is 54.8 Å². The van der Waals surface area contributed by atoms with Gasteiger partial charge in [0, 0.05) is 31.6 Å². The van der Waals surface area contributed by atoms with E-state index in [1.807, 2.05) is 14.0 Å². The minimum atomic E-state index is -1.69. The zero-order valence-corrected chi connectivity index (χ0v) is 21.6. The number of rotatable bonds is 7. The molecule has 9 nitrogen and oxygen atoms in total. The van der Waals surface area contributed by atoms with E-state index in [-0.39, 0.29) is 11.5 Å². The average Bonchev–Trinajstić information content (AvgIpc) is 3.61. The largest absolute Gasteiger partial charge is 0.487 e. The van der Waals surface area contributed by atoms with Crippen LogP contribution in [0.3, 0.4) is 0 Å². The smallest absolute Gasteiger partial charge is 0.258 e. The standard InChI is InChI=1S/C26H30ClN5O4/c1-6-19(26(33,22-12-28-16(2)30-22)23-13-29-17(3)32(23)4)7-8-20-11-21(27)24(25(31-20)34-5)36-15-18-9-10-35-14-18/h1,7-8,12-13,18,33H,9-11,14-15H2,2-5H3,(H,28,30)/b19-7+,20-8+. The third-order valence-corrected chi connectivity index (χ3v) is 6.68. The van der Waals surface area contributed by atoms with E-state index >= 15 is 0 Å². The van der Waals surface area contributed by atoms with Crippen molar-refractivity contribution in [2.24, 2.45) is 18.0 Å². The number of aromatic amines is 1. The lowest BCUT2D eigenvalue weighted by Crippen LogP contribution is -2.32. The van der Waals surface area contributed by atoms with E-state index in [1.165, 1.54) is 7.11 Å². The van der Waals surface area contributed by atoms with Crippen LogP contribution in [0.1, 0.15) is 35.9 Å². The Balaban J connectivity index is 1.67. The van der Waals surface area contributed by atoms with Crippen LogP contribution in [0.2, 0.25) is 0 Å². The highest BCUT2D eigenvalue weighted by Crippen LogP contribution is 2.36. The van der Waals surface area contributed by atoms with Crippen LogP contribution in [0.25, 0.3) is 0 Å². The van der Waals surface area contributed by atoms with Gasteiger partial charge in [-0.15, -0.1) is 6.42 Å². The van der Waals surface area contributed by atoms with Gasteiger partial charge in [-0.25, -0.2) is 15.0 Å². The van der Waals surface area contributed by atoms with Gasteiger partial charge in [0.2, 0.25) is 0 Å². The molecule has 0 saturated carbocycles. The van der Waals surface area contributed by atoms with Crippen LogP contribution < -0.4 is 0 Å². The number of nitrogens with zero attached hydrogens (tertiary/aromatic N) is 4. The number of nitrogens with one attached hydrogen (secondary N) is 1. The van der Waals surface area contributed by atoms with Crippen LogP contribution in [0, 0.1) is 32.1 Å². The Morgan fingerprint density at radius 3 is 2.81 bits per heavy atom. The third-order valence-electron chi connectivity index (χ3n) is 6.37. The van der Waals surface area contributed by atoms with Crippen molar-refractivity contribution in [2.45, 2.75) is 32.3 Å². The van der Waals surface area contributed by atoms with Crippen LogP contribution in [-0.2, 0) is 26.9 Å². The predicted octanol–water partition coefficient (Wildman–Crippen LogP) is 3.39. The molecule has 10 heteroatoms. The van der Waals surface area contributed by atoms with Gasteiger partial charge in [-0.3, -0.25) is 0 Å². The average molecular weight is 512 g/mol. The van der Waals surface area contributed by atoms with Crippen molar-refractivity contribution in [3.8, 4) is 12.3 Å². The highest BCUT2D eigenvalue weighted by Gasteiger charge is 2.40. The third kappa shape index (κ3) is 4.98. The lowest BCUT2D eigenvalue weighted by Gasteiger charge is -2.27. The summed E-state index contributed by atoms with van der Waals surface area (Å²) in [5.74, 6) is 5.04. The quantitative estimate of drug-likeness (QED) is 0.552. The maximum atomic E-state index is 12.0. The van der Waals surface area contributed by atoms with Gasteiger partial charge in [-0.2, -0.15) is 0 Å². The van der Waals surface area contributed by atoms with Crippen molar-refractivity contribution in [1.29, 1.82) is 0 Å². The summed E-state index contributed by atoms with van der Waals surface area (Å²) in [4.78, 5) is 16.3. The first-order chi connectivity index (χ1) is 17.3. The highest BCUT2D eigenvalue weighted by atomic mass is 35.5. The molecule has 4 rings (SSSR count). The van der Waals surface area contributed by atoms with Crippen molar-refractivity contribution in [3.05, 3.63) is 69.6 Å². The molecule has 0 aliphatic carbocycles. The zero-order valence-electron chi connectivity index (χ0n) is 20.8. The van der Waals surface area contributed by atoms with E-state index in [2.05, 4.69) is 25.9 Å². The Labute approximate surface area is 215 Å². The molecule has 2 aromatic heterocycles. The van der Waals surface area contributed by atoms with Crippen molar-refractivity contribution in [2.75, 3.05) is 26.9 Å². The lowest BCUT2D eigenvalue weighted by atomic mass is 9.87. The number of hydrogen-bond acceptors (Lipinski definition) is 7. The van der Waals surface area contributed by atoms with Crippen LogP contribution in [0.15, 0.2) is 51.6 Å². The molecule has 1 fully saturated rings. The Bertz CT molecular complexity index is 1290. The number of dihydropyridines is 1. The molecule has 0 radical (unpaired) electrons. The second-order valence-corrected chi connectivity index (χ2v) is 9.25. The molecule has 2 atom stereocenters. The Kier molecular flexibility index (Phi) is 7.69. The maximum absolute atomic E-state index is 12.0. The number of H-pyrrole nitrogens is 1. The van der Waals surface area contributed by atoms with Gasteiger partial charge in [-0.1, -0.05) is 17.5 Å². The zero-order chi connectivity index (χ0) is 25.9. The predicted molar refractivity (Wildman–Crippen MR) is 136 cm³/mol. The first-order valence-corrected chi connectivity index (χ1v) is 12.0. The van der Waals surface area contributed by atoms with Gasteiger partial charge in [0.1, 0.15) is 11.6 Å². The summed E-state index contributed by atoms with van der Waals surface area (Å²) >= 11 is 6.58. The molecular formula is C26H30ClN5O4. The fraction of sp³-hybridized carbons (Fsp3) is 0.423. The number of aliphatic imine (C=N–C) groups is 1. The molecule has 2 N–H and O–H groups in total. The van der Waals surface area contributed by atoms with Crippen LogP contribution in [0.5, 0.6) is 0 Å². The molecule has 0 aromatic carbocycles. The van der Waals surface area contributed by atoms with Gasteiger partial charge < -0.3 is 28.9 Å². The number of aromatic nitrogens is 4. The van der Waals surface area contributed by atoms with Gasteiger partial charge in [-0.05, 0) is 32.4 Å². The van der Waals surface area contributed by atoms with Crippen molar-refractivity contribution in [1.82, 2.24) is 19.5 Å². The van der Waals surface area contributed by atoms with Crippen molar-refractivity contribution in [3.63, 3.8) is 0 Å². The minimum absolute atomic E-state index is 0.277. The minimum Gasteiger partial charge on any atom is -0.487 e. The summed E-state index contributed by atoms with van der Waals surface area (Å²) in [5.41, 5.74) is 0.119. The number of aryl methyl sites for hydroxylation is 2. The Morgan fingerprint density at radius 1 is 1.42 bits per heavy atom.